The van der Waals surface area contributed by atoms with E-state index in [1.807, 2.05) is 18.2 Å². The standard InChI is InChI=1S/C28H29ClF3N3O3/c29-23-17-19(1-6-25(23)37-22-9-11-33-12-10-22)18-34-13-15-35(16-14-34)27(36)26-8-7-24(38-26)20-2-4-21(5-3-20)28(30,31)32/h1-8,17,22,33H,9-16,18H2. The first kappa shape index (κ1) is 26.6. The minimum Gasteiger partial charge on any atom is -0.489 e. The Bertz CT molecular complexity index is 1250. The maximum atomic E-state index is 13.0. The molecule has 3 heterocycles. The smallest absolute Gasteiger partial charge is 0.416 e. The van der Waals surface area contributed by atoms with Crippen LogP contribution >= 0.6 is 11.6 Å². The van der Waals surface area contributed by atoms with Gasteiger partial charge in [0.1, 0.15) is 17.6 Å². The van der Waals surface area contributed by atoms with Crippen molar-refractivity contribution in [2.45, 2.75) is 31.7 Å². The van der Waals surface area contributed by atoms with E-state index in [1.54, 1.807) is 17.0 Å². The largest absolute Gasteiger partial charge is 0.489 e. The van der Waals surface area contributed by atoms with Gasteiger partial charge in [-0.3, -0.25) is 9.69 Å². The zero-order valence-electron chi connectivity index (χ0n) is 20.8. The highest BCUT2D eigenvalue weighted by Gasteiger charge is 2.30. The van der Waals surface area contributed by atoms with Crippen molar-refractivity contribution in [1.29, 1.82) is 0 Å². The Hall–Kier alpha value is -3.01. The number of benzene rings is 2. The Labute approximate surface area is 224 Å². The molecule has 1 N–H and O–H groups in total. The van der Waals surface area contributed by atoms with Gasteiger partial charge in [0.25, 0.3) is 5.91 Å². The normalized spacial score (nSPS) is 17.5. The van der Waals surface area contributed by atoms with Gasteiger partial charge in [0, 0.05) is 38.3 Å². The number of amides is 1. The molecule has 6 nitrogen and oxygen atoms in total. The van der Waals surface area contributed by atoms with Gasteiger partial charge in [-0.1, -0.05) is 29.8 Å². The first-order chi connectivity index (χ1) is 18.3. The molecule has 0 aliphatic carbocycles. The zero-order valence-corrected chi connectivity index (χ0v) is 21.5. The van der Waals surface area contributed by atoms with E-state index in [4.69, 9.17) is 20.8 Å². The maximum Gasteiger partial charge on any atom is 0.416 e. The molecule has 0 radical (unpaired) electrons. The number of hydrogen-bond donors (Lipinski definition) is 1. The van der Waals surface area contributed by atoms with Crippen LogP contribution in [0, 0.1) is 0 Å². The monoisotopic (exact) mass is 547 g/mol. The summed E-state index contributed by atoms with van der Waals surface area (Å²) in [5.74, 6) is 1.01. The summed E-state index contributed by atoms with van der Waals surface area (Å²) < 4.78 is 50.2. The van der Waals surface area contributed by atoms with Crippen molar-refractivity contribution in [3.05, 3.63) is 76.5 Å². The molecule has 2 fully saturated rings. The Morgan fingerprint density at radius 2 is 1.71 bits per heavy atom. The zero-order chi connectivity index (χ0) is 26.7. The van der Waals surface area contributed by atoms with Crippen LogP contribution in [0.15, 0.2) is 59.0 Å². The molecule has 38 heavy (non-hydrogen) atoms. The highest BCUT2D eigenvalue weighted by molar-refractivity contribution is 6.32. The van der Waals surface area contributed by atoms with E-state index in [2.05, 4.69) is 10.2 Å². The fourth-order valence-corrected chi connectivity index (χ4v) is 5.03. The van der Waals surface area contributed by atoms with Crippen molar-refractivity contribution in [2.75, 3.05) is 39.3 Å². The van der Waals surface area contributed by atoms with Crippen LogP contribution < -0.4 is 10.1 Å². The molecule has 0 atom stereocenters. The predicted octanol–water partition coefficient (Wildman–Crippen LogP) is 5.71. The second-order valence-corrected chi connectivity index (χ2v) is 10.0. The third kappa shape index (κ3) is 6.34. The van der Waals surface area contributed by atoms with Gasteiger partial charge in [-0.05, 0) is 67.9 Å². The Balaban J connectivity index is 1.13. The molecule has 2 aliphatic heterocycles. The lowest BCUT2D eigenvalue weighted by Crippen LogP contribution is -2.48. The molecule has 3 aromatic rings. The lowest BCUT2D eigenvalue weighted by molar-refractivity contribution is -0.137. The molecule has 202 valence electrons. The van der Waals surface area contributed by atoms with Crippen molar-refractivity contribution in [2.24, 2.45) is 0 Å². The summed E-state index contributed by atoms with van der Waals surface area (Å²) in [6.07, 6.45) is -2.28. The van der Waals surface area contributed by atoms with Gasteiger partial charge in [0.05, 0.1) is 10.6 Å². The number of nitrogens with one attached hydrogen (secondary N) is 1. The number of nitrogens with zero attached hydrogens (tertiary/aromatic N) is 2. The number of alkyl halides is 3. The van der Waals surface area contributed by atoms with E-state index in [1.165, 1.54) is 12.1 Å². The fourth-order valence-electron chi connectivity index (χ4n) is 4.79. The van der Waals surface area contributed by atoms with Crippen LogP contribution in [0.25, 0.3) is 11.3 Å². The summed E-state index contributed by atoms with van der Waals surface area (Å²) in [5.41, 5.74) is 0.832. The van der Waals surface area contributed by atoms with E-state index in [0.717, 1.165) is 43.6 Å². The number of ether oxygens (including phenoxy) is 1. The maximum absolute atomic E-state index is 13.0. The SMILES string of the molecule is O=C(c1ccc(-c2ccc(C(F)(F)F)cc2)o1)N1CCN(Cc2ccc(OC3CCNCC3)c(Cl)c2)CC1. The Morgan fingerprint density at radius 3 is 2.37 bits per heavy atom. The lowest BCUT2D eigenvalue weighted by Gasteiger charge is -2.34. The van der Waals surface area contributed by atoms with Gasteiger partial charge in [-0.15, -0.1) is 0 Å². The van der Waals surface area contributed by atoms with E-state index >= 15 is 0 Å². The average molecular weight is 548 g/mol. The molecule has 1 amide bonds. The number of piperazine rings is 1. The quantitative estimate of drug-likeness (QED) is 0.428. The molecule has 1 aromatic heterocycles. The summed E-state index contributed by atoms with van der Waals surface area (Å²) in [4.78, 5) is 17.0. The molecule has 0 bridgehead atoms. The van der Waals surface area contributed by atoms with Crippen LogP contribution in [0.5, 0.6) is 5.75 Å². The third-order valence-electron chi connectivity index (χ3n) is 6.96. The van der Waals surface area contributed by atoms with Crippen LogP contribution in [-0.4, -0.2) is 61.1 Å². The Kier molecular flexibility index (Phi) is 7.97. The number of carbonyl (C=O) groups is 1. The van der Waals surface area contributed by atoms with E-state index in [9.17, 15) is 18.0 Å². The highest BCUT2D eigenvalue weighted by Crippen LogP contribution is 2.32. The van der Waals surface area contributed by atoms with Crippen LogP contribution in [0.2, 0.25) is 5.02 Å². The topological polar surface area (TPSA) is 58.0 Å². The average Bonchev–Trinajstić information content (AvgIpc) is 3.41. The van der Waals surface area contributed by atoms with Gasteiger partial charge >= 0.3 is 6.18 Å². The number of hydrogen-bond acceptors (Lipinski definition) is 5. The van der Waals surface area contributed by atoms with Crippen molar-refractivity contribution < 1.29 is 27.1 Å². The Morgan fingerprint density at radius 1 is 1.00 bits per heavy atom. The molecular formula is C28H29ClF3N3O3. The minimum absolute atomic E-state index is 0.171. The lowest BCUT2D eigenvalue weighted by atomic mass is 10.1. The first-order valence-electron chi connectivity index (χ1n) is 12.7. The fraction of sp³-hybridized carbons (Fsp3) is 0.393. The number of rotatable bonds is 6. The summed E-state index contributed by atoms with van der Waals surface area (Å²) >= 11 is 6.50. The highest BCUT2D eigenvalue weighted by atomic mass is 35.5. The van der Waals surface area contributed by atoms with E-state index in [-0.39, 0.29) is 17.8 Å². The molecule has 2 aliphatic rings. The van der Waals surface area contributed by atoms with Crippen molar-refractivity contribution >= 4 is 17.5 Å². The third-order valence-corrected chi connectivity index (χ3v) is 7.25. The van der Waals surface area contributed by atoms with Gasteiger partial charge in [0.2, 0.25) is 0 Å². The summed E-state index contributed by atoms with van der Waals surface area (Å²) in [5, 5.41) is 3.93. The van der Waals surface area contributed by atoms with Gasteiger partial charge in [0.15, 0.2) is 5.76 Å². The number of furan rings is 1. The van der Waals surface area contributed by atoms with Gasteiger partial charge < -0.3 is 19.4 Å². The van der Waals surface area contributed by atoms with E-state index < -0.39 is 11.7 Å². The second-order valence-electron chi connectivity index (χ2n) is 9.64. The van der Waals surface area contributed by atoms with Crippen LogP contribution in [0.4, 0.5) is 13.2 Å². The van der Waals surface area contributed by atoms with Crippen molar-refractivity contribution in [3.63, 3.8) is 0 Å². The number of piperidine rings is 1. The summed E-state index contributed by atoms with van der Waals surface area (Å²) in [7, 11) is 0. The number of halogens is 4. The molecule has 5 rings (SSSR count). The summed E-state index contributed by atoms with van der Waals surface area (Å²) in [6, 6.07) is 13.8. The second kappa shape index (κ2) is 11.4. The van der Waals surface area contributed by atoms with Crippen molar-refractivity contribution in [1.82, 2.24) is 15.1 Å². The molecule has 0 saturated carbocycles. The molecule has 10 heteroatoms. The predicted molar refractivity (Wildman–Crippen MR) is 138 cm³/mol. The van der Waals surface area contributed by atoms with Gasteiger partial charge in [-0.25, -0.2) is 0 Å². The number of carbonyl (C=O) groups excluding carboxylic acids is 1. The molecule has 0 spiro atoms. The first-order valence-corrected chi connectivity index (χ1v) is 13.1. The van der Waals surface area contributed by atoms with Crippen LogP contribution in [0.1, 0.15) is 34.5 Å². The molecule has 2 saturated heterocycles. The van der Waals surface area contributed by atoms with E-state index in [0.29, 0.717) is 54.8 Å². The summed E-state index contributed by atoms with van der Waals surface area (Å²) in [6.45, 7) is 5.10. The van der Waals surface area contributed by atoms with Crippen LogP contribution in [-0.2, 0) is 12.7 Å². The molecular weight excluding hydrogens is 519 g/mol. The molecule has 0 unspecified atom stereocenters. The van der Waals surface area contributed by atoms with Gasteiger partial charge in [-0.2, -0.15) is 13.2 Å². The molecule has 2 aromatic carbocycles. The minimum atomic E-state index is -4.40. The van der Waals surface area contributed by atoms with Crippen molar-refractivity contribution in [3.8, 4) is 17.1 Å². The van der Waals surface area contributed by atoms with Crippen LogP contribution in [0.3, 0.4) is 0 Å².